The van der Waals surface area contributed by atoms with Gasteiger partial charge in [0.05, 0.1) is 16.7 Å². The number of benzene rings is 2. The van der Waals surface area contributed by atoms with Crippen LogP contribution in [0.25, 0.3) is 11.5 Å². The lowest BCUT2D eigenvalue weighted by Gasteiger charge is -2.11. The lowest BCUT2D eigenvalue weighted by atomic mass is 10.1. The number of carbonyl (C=O) groups excluding carboxylic acids is 2. The lowest BCUT2D eigenvalue weighted by molar-refractivity contribution is 0.0654. The Morgan fingerprint density at radius 1 is 0.880 bits per heavy atom. The maximum absolute atomic E-state index is 13.7. The van der Waals surface area contributed by atoms with Gasteiger partial charge in [0.2, 0.25) is 5.89 Å². The van der Waals surface area contributed by atoms with Gasteiger partial charge in [-0.25, -0.2) is 4.39 Å². The molecule has 2 aromatic carbocycles. The largest absolute Gasteiger partial charge is 0.421 e. The van der Waals surface area contributed by atoms with E-state index in [2.05, 4.69) is 10.2 Å². The lowest BCUT2D eigenvalue weighted by Crippen LogP contribution is -2.31. The molecule has 1 aromatic heterocycles. The monoisotopic (exact) mass is 337 g/mol. The Morgan fingerprint density at radius 3 is 2.12 bits per heavy atom. The van der Waals surface area contributed by atoms with Crippen molar-refractivity contribution in [2.45, 2.75) is 6.42 Å². The van der Waals surface area contributed by atoms with Gasteiger partial charge in [-0.15, -0.1) is 10.2 Å². The van der Waals surface area contributed by atoms with Gasteiger partial charge in [0.1, 0.15) is 5.82 Å². The normalized spacial score (nSPS) is 13.4. The summed E-state index contributed by atoms with van der Waals surface area (Å²) in [6.45, 7) is 0.116. The number of carbonyl (C=O) groups is 2. The molecule has 0 atom stereocenters. The SMILES string of the molecule is O=C1c2ccccc2C(=O)N1CCc1nnc(-c2ccccc2F)o1. The average molecular weight is 337 g/mol. The fourth-order valence-corrected chi connectivity index (χ4v) is 2.75. The van der Waals surface area contributed by atoms with Crippen LogP contribution < -0.4 is 0 Å². The Hall–Kier alpha value is -3.35. The number of fused-ring (bicyclic) bond motifs is 1. The first-order chi connectivity index (χ1) is 12.1. The molecule has 3 aromatic rings. The smallest absolute Gasteiger partial charge is 0.261 e. The summed E-state index contributed by atoms with van der Waals surface area (Å²) >= 11 is 0. The third-order valence-electron chi connectivity index (χ3n) is 4.00. The molecule has 0 bridgehead atoms. The quantitative estimate of drug-likeness (QED) is 0.684. The minimum absolute atomic E-state index is 0.0652. The fourth-order valence-electron chi connectivity index (χ4n) is 2.75. The van der Waals surface area contributed by atoms with Crippen molar-refractivity contribution >= 4 is 11.8 Å². The van der Waals surface area contributed by atoms with Crippen LogP contribution in [0.4, 0.5) is 4.39 Å². The third-order valence-corrected chi connectivity index (χ3v) is 4.00. The van der Waals surface area contributed by atoms with Crippen molar-refractivity contribution in [3.63, 3.8) is 0 Å². The van der Waals surface area contributed by atoms with Crippen LogP contribution in [-0.4, -0.2) is 33.5 Å². The zero-order valence-corrected chi connectivity index (χ0v) is 13.0. The highest BCUT2D eigenvalue weighted by Gasteiger charge is 2.34. The minimum atomic E-state index is -0.460. The molecule has 2 amide bonds. The minimum Gasteiger partial charge on any atom is -0.421 e. The highest BCUT2D eigenvalue weighted by Crippen LogP contribution is 2.24. The molecule has 0 radical (unpaired) electrons. The molecule has 0 saturated heterocycles. The van der Waals surface area contributed by atoms with Crippen molar-refractivity contribution in [1.82, 2.24) is 15.1 Å². The summed E-state index contributed by atoms with van der Waals surface area (Å²) in [5, 5.41) is 7.69. The molecule has 1 aliphatic heterocycles. The van der Waals surface area contributed by atoms with Gasteiger partial charge in [-0.2, -0.15) is 0 Å². The van der Waals surface area contributed by atoms with E-state index in [1.807, 2.05) is 0 Å². The van der Waals surface area contributed by atoms with E-state index in [0.717, 1.165) is 4.90 Å². The number of rotatable bonds is 4. The van der Waals surface area contributed by atoms with Crippen molar-refractivity contribution in [2.24, 2.45) is 0 Å². The average Bonchev–Trinajstić information content (AvgIpc) is 3.19. The van der Waals surface area contributed by atoms with Gasteiger partial charge in [-0.3, -0.25) is 14.5 Å². The van der Waals surface area contributed by atoms with Crippen molar-refractivity contribution < 1.29 is 18.4 Å². The summed E-state index contributed by atoms with van der Waals surface area (Å²) in [6.07, 6.45) is 0.201. The molecule has 0 spiro atoms. The zero-order chi connectivity index (χ0) is 17.4. The Labute approximate surface area is 141 Å². The summed E-state index contributed by atoms with van der Waals surface area (Å²) in [7, 11) is 0. The van der Waals surface area contributed by atoms with Crippen LogP contribution in [-0.2, 0) is 6.42 Å². The van der Waals surface area contributed by atoms with Crippen molar-refractivity contribution in [1.29, 1.82) is 0 Å². The van der Waals surface area contributed by atoms with Crippen molar-refractivity contribution in [3.05, 3.63) is 71.4 Å². The molecular formula is C18H12FN3O3. The summed E-state index contributed by atoms with van der Waals surface area (Å²) in [4.78, 5) is 25.7. The molecule has 4 rings (SSSR count). The number of aromatic nitrogens is 2. The molecule has 0 saturated carbocycles. The van der Waals surface area contributed by atoms with E-state index < -0.39 is 5.82 Å². The van der Waals surface area contributed by atoms with Gasteiger partial charge < -0.3 is 4.42 Å². The van der Waals surface area contributed by atoms with Gasteiger partial charge in [0.25, 0.3) is 17.7 Å². The van der Waals surface area contributed by atoms with E-state index in [1.54, 1.807) is 36.4 Å². The fraction of sp³-hybridized carbons (Fsp3) is 0.111. The van der Waals surface area contributed by atoms with Gasteiger partial charge in [0.15, 0.2) is 0 Å². The van der Waals surface area contributed by atoms with Crippen molar-refractivity contribution in [3.8, 4) is 11.5 Å². The summed E-state index contributed by atoms with van der Waals surface area (Å²) in [6, 6.07) is 12.8. The van der Waals surface area contributed by atoms with Gasteiger partial charge in [-0.05, 0) is 24.3 Å². The van der Waals surface area contributed by atoms with E-state index in [9.17, 15) is 14.0 Å². The highest BCUT2D eigenvalue weighted by atomic mass is 19.1. The molecule has 6 nitrogen and oxygen atoms in total. The van der Waals surface area contributed by atoms with Crippen LogP contribution in [0, 0.1) is 5.82 Å². The molecule has 7 heteroatoms. The first kappa shape index (κ1) is 15.2. The van der Waals surface area contributed by atoms with Gasteiger partial charge >= 0.3 is 0 Å². The highest BCUT2D eigenvalue weighted by molar-refractivity contribution is 6.21. The summed E-state index contributed by atoms with van der Waals surface area (Å²) in [5.41, 5.74) is 0.997. The summed E-state index contributed by atoms with van der Waals surface area (Å²) < 4.78 is 19.2. The van der Waals surface area contributed by atoms with Crippen LogP contribution in [0.3, 0.4) is 0 Å². The Kier molecular flexibility index (Phi) is 3.61. The molecule has 0 N–H and O–H groups in total. The Bertz CT molecular complexity index is 948. The molecule has 124 valence electrons. The van der Waals surface area contributed by atoms with Crippen LogP contribution in [0.15, 0.2) is 52.9 Å². The van der Waals surface area contributed by atoms with E-state index >= 15 is 0 Å². The molecular weight excluding hydrogens is 325 g/mol. The number of nitrogens with zero attached hydrogens (tertiary/aromatic N) is 3. The maximum atomic E-state index is 13.7. The maximum Gasteiger partial charge on any atom is 0.261 e. The predicted molar refractivity (Wildman–Crippen MR) is 85.2 cm³/mol. The number of halogens is 1. The van der Waals surface area contributed by atoms with E-state index in [0.29, 0.717) is 11.1 Å². The Balaban J connectivity index is 1.49. The van der Waals surface area contributed by atoms with Crippen LogP contribution in [0.1, 0.15) is 26.6 Å². The molecule has 1 aliphatic rings. The molecule has 2 heterocycles. The zero-order valence-electron chi connectivity index (χ0n) is 13.0. The van der Waals surface area contributed by atoms with Crippen molar-refractivity contribution in [2.75, 3.05) is 6.54 Å². The second-order valence-corrected chi connectivity index (χ2v) is 5.54. The van der Waals surface area contributed by atoms with E-state index in [-0.39, 0.29) is 42.1 Å². The number of amides is 2. The number of imide groups is 1. The van der Waals surface area contributed by atoms with Crippen LogP contribution in [0.2, 0.25) is 0 Å². The molecule has 0 fully saturated rings. The topological polar surface area (TPSA) is 76.3 Å². The van der Waals surface area contributed by atoms with E-state index in [1.165, 1.54) is 12.1 Å². The van der Waals surface area contributed by atoms with Crippen LogP contribution >= 0.6 is 0 Å². The second kappa shape index (κ2) is 5.94. The molecule has 0 aliphatic carbocycles. The number of hydrogen-bond donors (Lipinski definition) is 0. The predicted octanol–water partition coefficient (Wildman–Crippen LogP) is 2.71. The first-order valence-corrected chi connectivity index (χ1v) is 7.67. The van der Waals surface area contributed by atoms with Crippen LogP contribution in [0.5, 0.6) is 0 Å². The van der Waals surface area contributed by atoms with Gasteiger partial charge in [0, 0.05) is 13.0 Å². The first-order valence-electron chi connectivity index (χ1n) is 7.67. The standard InChI is InChI=1S/C18H12FN3O3/c19-14-8-4-3-7-13(14)16-21-20-15(25-16)9-10-22-17(23)11-5-1-2-6-12(11)18(22)24/h1-8H,9-10H2. The summed E-state index contributed by atoms with van der Waals surface area (Å²) in [5.74, 6) is -0.841. The Morgan fingerprint density at radius 2 is 1.48 bits per heavy atom. The molecule has 0 unspecified atom stereocenters. The number of hydrogen-bond acceptors (Lipinski definition) is 5. The molecule has 25 heavy (non-hydrogen) atoms. The second-order valence-electron chi connectivity index (χ2n) is 5.54. The third kappa shape index (κ3) is 2.59. The van der Waals surface area contributed by atoms with Gasteiger partial charge in [-0.1, -0.05) is 24.3 Å². The van der Waals surface area contributed by atoms with E-state index in [4.69, 9.17) is 4.42 Å².